The summed E-state index contributed by atoms with van der Waals surface area (Å²) in [7, 11) is -3.90. The Kier molecular flexibility index (Phi) is 6.22. The maximum atomic E-state index is 12.8. The van der Waals surface area contributed by atoms with Gasteiger partial charge in [0.25, 0.3) is 15.9 Å². The Bertz CT molecular complexity index is 1010. The number of carbonyl (C=O) groups is 2. The standard InChI is InChI=1S/C21H25N3O4S/c1-14-7-12-18(13-19(14)21(26)23-16-5-3-2-4-6-16)29(27,28)24-17-10-8-15(9-11-17)20(22)25/h7-13,16,24H,2-6H2,1H3,(H2,22,25)(H,23,26). The molecular formula is C21H25N3O4S. The quantitative estimate of drug-likeness (QED) is 0.672. The summed E-state index contributed by atoms with van der Waals surface area (Å²) in [4.78, 5) is 23.8. The van der Waals surface area contributed by atoms with Crippen LogP contribution < -0.4 is 15.8 Å². The lowest BCUT2D eigenvalue weighted by atomic mass is 9.95. The predicted molar refractivity (Wildman–Crippen MR) is 111 cm³/mol. The number of anilines is 1. The highest BCUT2D eigenvalue weighted by molar-refractivity contribution is 7.92. The number of nitrogens with one attached hydrogen (secondary N) is 2. The Hall–Kier alpha value is -2.87. The van der Waals surface area contributed by atoms with Gasteiger partial charge in [-0.15, -0.1) is 0 Å². The second-order valence-electron chi connectivity index (χ2n) is 7.33. The fraction of sp³-hybridized carbons (Fsp3) is 0.333. The average Bonchev–Trinajstić information content (AvgIpc) is 2.69. The number of aryl methyl sites for hydroxylation is 1. The summed E-state index contributed by atoms with van der Waals surface area (Å²) in [6.07, 6.45) is 5.27. The monoisotopic (exact) mass is 415 g/mol. The van der Waals surface area contributed by atoms with Crippen LogP contribution >= 0.6 is 0 Å². The third-order valence-corrected chi connectivity index (χ3v) is 6.50. The lowest BCUT2D eigenvalue weighted by Gasteiger charge is -2.23. The van der Waals surface area contributed by atoms with Crippen LogP contribution in [0.25, 0.3) is 0 Å². The Morgan fingerprint density at radius 2 is 1.66 bits per heavy atom. The molecule has 0 unspecified atom stereocenters. The van der Waals surface area contributed by atoms with Crippen LogP contribution in [0.5, 0.6) is 0 Å². The molecule has 0 heterocycles. The van der Waals surface area contributed by atoms with Crippen LogP contribution in [0.3, 0.4) is 0 Å². The van der Waals surface area contributed by atoms with E-state index in [4.69, 9.17) is 5.73 Å². The summed E-state index contributed by atoms with van der Waals surface area (Å²) in [5.74, 6) is -0.844. The van der Waals surface area contributed by atoms with Crippen molar-refractivity contribution in [2.75, 3.05) is 4.72 Å². The fourth-order valence-corrected chi connectivity index (χ4v) is 4.52. The zero-order valence-electron chi connectivity index (χ0n) is 16.3. The van der Waals surface area contributed by atoms with Gasteiger partial charge in [-0.2, -0.15) is 0 Å². The van der Waals surface area contributed by atoms with Crippen LogP contribution in [-0.4, -0.2) is 26.3 Å². The molecule has 2 aromatic rings. The van der Waals surface area contributed by atoms with Gasteiger partial charge in [0.15, 0.2) is 0 Å². The van der Waals surface area contributed by atoms with E-state index in [9.17, 15) is 18.0 Å². The molecule has 29 heavy (non-hydrogen) atoms. The molecule has 1 aliphatic rings. The predicted octanol–water partition coefficient (Wildman–Crippen LogP) is 2.96. The normalized spacial score (nSPS) is 14.9. The van der Waals surface area contributed by atoms with E-state index in [0.717, 1.165) is 25.7 Å². The first-order valence-electron chi connectivity index (χ1n) is 9.60. The highest BCUT2D eigenvalue weighted by atomic mass is 32.2. The van der Waals surface area contributed by atoms with Crippen molar-refractivity contribution in [2.45, 2.75) is 50.0 Å². The number of sulfonamides is 1. The lowest BCUT2D eigenvalue weighted by Crippen LogP contribution is -2.36. The van der Waals surface area contributed by atoms with E-state index in [2.05, 4.69) is 10.0 Å². The maximum Gasteiger partial charge on any atom is 0.261 e. The Morgan fingerprint density at radius 1 is 1.00 bits per heavy atom. The lowest BCUT2D eigenvalue weighted by molar-refractivity contribution is 0.0926. The summed E-state index contributed by atoms with van der Waals surface area (Å²) in [5.41, 5.74) is 6.83. The highest BCUT2D eigenvalue weighted by Crippen LogP contribution is 2.22. The molecule has 1 saturated carbocycles. The van der Waals surface area contributed by atoms with Gasteiger partial charge < -0.3 is 11.1 Å². The highest BCUT2D eigenvalue weighted by Gasteiger charge is 2.21. The van der Waals surface area contributed by atoms with Gasteiger partial charge in [0.1, 0.15) is 0 Å². The molecule has 0 spiro atoms. The first kappa shape index (κ1) is 20.9. The third-order valence-electron chi connectivity index (χ3n) is 5.13. The van der Waals surface area contributed by atoms with E-state index in [1.165, 1.54) is 42.8 Å². The van der Waals surface area contributed by atoms with Gasteiger partial charge >= 0.3 is 0 Å². The number of amides is 2. The van der Waals surface area contributed by atoms with Gasteiger partial charge in [0.2, 0.25) is 5.91 Å². The zero-order chi connectivity index (χ0) is 21.0. The van der Waals surface area contributed by atoms with Gasteiger partial charge in [-0.3, -0.25) is 14.3 Å². The van der Waals surface area contributed by atoms with Gasteiger partial charge in [-0.1, -0.05) is 25.3 Å². The van der Waals surface area contributed by atoms with Gasteiger partial charge in [0, 0.05) is 22.9 Å². The van der Waals surface area contributed by atoms with E-state index in [0.29, 0.717) is 16.8 Å². The summed E-state index contributed by atoms with van der Waals surface area (Å²) in [5, 5.41) is 3.02. The minimum atomic E-state index is -3.90. The number of carbonyl (C=O) groups excluding carboxylic acids is 2. The number of nitrogens with two attached hydrogens (primary N) is 1. The van der Waals surface area contributed by atoms with Crippen molar-refractivity contribution in [3.05, 3.63) is 59.2 Å². The second kappa shape index (κ2) is 8.65. The molecule has 1 fully saturated rings. The molecule has 0 atom stereocenters. The SMILES string of the molecule is Cc1ccc(S(=O)(=O)Nc2ccc(C(N)=O)cc2)cc1C(=O)NC1CCCCC1. The van der Waals surface area contributed by atoms with Gasteiger partial charge in [-0.05, 0) is 61.7 Å². The molecule has 3 rings (SSSR count). The van der Waals surface area contributed by atoms with E-state index in [1.54, 1.807) is 13.0 Å². The van der Waals surface area contributed by atoms with Crippen LogP contribution in [-0.2, 0) is 10.0 Å². The topological polar surface area (TPSA) is 118 Å². The molecule has 0 saturated heterocycles. The molecular weight excluding hydrogens is 390 g/mol. The van der Waals surface area contributed by atoms with Crippen LogP contribution in [0.1, 0.15) is 58.4 Å². The molecule has 8 heteroatoms. The van der Waals surface area contributed by atoms with Crippen molar-refractivity contribution in [1.82, 2.24) is 5.32 Å². The zero-order valence-corrected chi connectivity index (χ0v) is 17.1. The van der Waals surface area contributed by atoms with Crippen LogP contribution in [0, 0.1) is 6.92 Å². The largest absolute Gasteiger partial charge is 0.366 e. The number of hydrogen-bond donors (Lipinski definition) is 3. The van der Waals surface area contributed by atoms with Crippen molar-refractivity contribution in [3.8, 4) is 0 Å². The molecule has 2 amide bonds. The average molecular weight is 416 g/mol. The van der Waals surface area contributed by atoms with Gasteiger partial charge in [-0.25, -0.2) is 8.42 Å². The van der Waals surface area contributed by atoms with Crippen molar-refractivity contribution in [3.63, 3.8) is 0 Å². The number of benzene rings is 2. The maximum absolute atomic E-state index is 12.8. The minimum absolute atomic E-state index is 0.00382. The third kappa shape index (κ3) is 5.14. The first-order chi connectivity index (χ1) is 13.8. The molecule has 1 aliphatic carbocycles. The first-order valence-corrected chi connectivity index (χ1v) is 11.1. The van der Waals surface area contributed by atoms with Crippen molar-refractivity contribution >= 4 is 27.5 Å². The van der Waals surface area contributed by atoms with Crippen LogP contribution in [0.2, 0.25) is 0 Å². The molecule has 4 N–H and O–H groups in total. The summed E-state index contributed by atoms with van der Waals surface area (Å²) >= 11 is 0. The number of hydrogen-bond acceptors (Lipinski definition) is 4. The molecule has 2 aromatic carbocycles. The van der Waals surface area contributed by atoms with E-state index < -0.39 is 15.9 Å². The Morgan fingerprint density at radius 3 is 2.28 bits per heavy atom. The van der Waals surface area contributed by atoms with Crippen molar-refractivity contribution in [2.24, 2.45) is 5.73 Å². The summed E-state index contributed by atoms with van der Waals surface area (Å²) < 4.78 is 28.0. The number of rotatable bonds is 6. The minimum Gasteiger partial charge on any atom is -0.366 e. The Labute approximate surface area is 170 Å². The van der Waals surface area contributed by atoms with E-state index in [1.807, 2.05) is 0 Å². The van der Waals surface area contributed by atoms with Gasteiger partial charge in [0.05, 0.1) is 4.90 Å². The summed E-state index contributed by atoms with van der Waals surface area (Å²) in [6, 6.07) is 10.4. The fourth-order valence-electron chi connectivity index (χ4n) is 3.44. The molecule has 0 aliphatic heterocycles. The van der Waals surface area contributed by atoms with Crippen molar-refractivity contribution < 1.29 is 18.0 Å². The molecule has 7 nitrogen and oxygen atoms in total. The Balaban J connectivity index is 1.79. The van der Waals surface area contributed by atoms with Crippen LogP contribution in [0.15, 0.2) is 47.4 Å². The number of primary amides is 1. The van der Waals surface area contributed by atoms with E-state index >= 15 is 0 Å². The van der Waals surface area contributed by atoms with E-state index in [-0.39, 0.29) is 22.4 Å². The molecule has 0 bridgehead atoms. The molecule has 0 aromatic heterocycles. The molecule has 0 radical (unpaired) electrons. The molecule has 154 valence electrons. The summed E-state index contributed by atoms with van der Waals surface area (Å²) in [6.45, 7) is 1.78. The smallest absolute Gasteiger partial charge is 0.261 e. The van der Waals surface area contributed by atoms with Crippen molar-refractivity contribution in [1.29, 1.82) is 0 Å². The second-order valence-corrected chi connectivity index (χ2v) is 9.01. The van der Waals surface area contributed by atoms with Crippen LogP contribution in [0.4, 0.5) is 5.69 Å².